The molecular weight excluding hydrogens is 356 g/mol. The Bertz CT molecular complexity index is 1020. The standard InChI is InChI=1S/C20H17F2NO2S/c1-15-5-2-3-6-16(15)14-23(19-8-4-7-18(22)13-19)26(24,25)20-11-9-17(21)10-12-20/h2-13H,14H2,1H3. The fraction of sp³-hybridized carbons (Fsp3) is 0.100. The van der Waals surface area contributed by atoms with Crippen molar-refractivity contribution in [2.24, 2.45) is 0 Å². The van der Waals surface area contributed by atoms with Crippen molar-refractivity contribution in [2.45, 2.75) is 18.4 Å². The zero-order valence-corrected chi connectivity index (χ0v) is 14.9. The van der Waals surface area contributed by atoms with Crippen molar-refractivity contribution in [3.8, 4) is 0 Å². The molecule has 0 radical (unpaired) electrons. The molecule has 0 bridgehead atoms. The Kier molecular flexibility index (Phi) is 5.04. The van der Waals surface area contributed by atoms with E-state index in [-0.39, 0.29) is 17.1 Å². The molecular formula is C20H17F2NO2S. The average Bonchev–Trinajstić information content (AvgIpc) is 2.61. The highest BCUT2D eigenvalue weighted by Crippen LogP contribution is 2.27. The van der Waals surface area contributed by atoms with Crippen LogP contribution in [0, 0.1) is 18.6 Å². The number of hydrogen-bond donors (Lipinski definition) is 0. The molecule has 0 aliphatic heterocycles. The summed E-state index contributed by atoms with van der Waals surface area (Å²) in [6.45, 7) is 1.92. The molecule has 26 heavy (non-hydrogen) atoms. The average molecular weight is 373 g/mol. The summed E-state index contributed by atoms with van der Waals surface area (Å²) in [6, 6.07) is 17.4. The van der Waals surface area contributed by atoms with E-state index in [0.717, 1.165) is 27.6 Å². The van der Waals surface area contributed by atoms with E-state index >= 15 is 0 Å². The van der Waals surface area contributed by atoms with E-state index in [2.05, 4.69) is 0 Å². The summed E-state index contributed by atoms with van der Waals surface area (Å²) in [7, 11) is -4.00. The van der Waals surface area contributed by atoms with Gasteiger partial charge in [0.15, 0.2) is 0 Å². The van der Waals surface area contributed by atoms with Gasteiger partial charge in [-0.2, -0.15) is 0 Å². The minimum atomic E-state index is -4.00. The Labute approximate surface area is 151 Å². The highest BCUT2D eigenvalue weighted by atomic mass is 32.2. The summed E-state index contributed by atoms with van der Waals surface area (Å²) >= 11 is 0. The highest BCUT2D eigenvalue weighted by molar-refractivity contribution is 7.92. The third-order valence-electron chi connectivity index (χ3n) is 4.07. The van der Waals surface area contributed by atoms with Crippen molar-refractivity contribution in [3.05, 3.63) is 95.6 Å². The quantitative estimate of drug-likeness (QED) is 0.652. The van der Waals surface area contributed by atoms with Gasteiger partial charge in [0.2, 0.25) is 0 Å². The number of anilines is 1. The summed E-state index contributed by atoms with van der Waals surface area (Å²) in [6.07, 6.45) is 0. The summed E-state index contributed by atoms with van der Waals surface area (Å²) in [5, 5.41) is 0. The van der Waals surface area contributed by atoms with Gasteiger partial charge in [0.25, 0.3) is 10.0 Å². The maximum absolute atomic E-state index is 13.7. The second-order valence-corrected chi connectivity index (χ2v) is 7.73. The molecule has 0 unspecified atom stereocenters. The van der Waals surface area contributed by atoms with Gasteiger partial charge in [-0.05, 0) is 60.5 Å². The van der Waals surface area contributed by atoms with Gasteiger partial charge in [0, 0.05) is 0 Å². The molecule has 0 atom stereocenters. The second kappa shape index (κ2) is 7.25. The van der Waals surface area contributed by atoms with E-state index in [9.17, 15) is 17.2 Å². The zero-order chi connectivity index (χ0) is 18.7. The number of nitrogens with zero attached hydrogens (tertiary/aromatic N) is 1. The molecule has 0 aromatic heterocycles. The smallest absolute Gasteiger partial charge is 0.262 e. The van der Waals surface area contributed by atoms with Gasteiger partial charge < -0.3 is 0 Å². The molecule has 0 spiro atoms. The predicted molar refractivity (Wildman–Crippen MR) is 97.3 cm³/mol. The van der Waals surface area contributed by atoms with E-state index in [1.807, 2.05) is 31.2 Å². The maximum atomic E-state index is 13.7. The molecule has 3 nitrogen and oxygen atoms in total. The molecule has 134 valence electrons. The van der Waals surface area contributed by atoms with Crippen molar-refractivity contribution in [1.29, 1.82) is 0 Å². The lowest BCUT2D eigenvalue weighted by Gasteiger charge is -2.25. The SMILES string of the molecule is Cc1ccccc1CN(c1cccc(F)c1)S(=O)(=O)c1ccc(F)cc1. The first-order valence-electron chi connectivity index (χ1n) is 7.96. The van der Waals surface area contributed by atoms with Crippen LogP contribution in [0.25, 0.3) is 0 Å². The number of hydrogen-bond acceptors (Lipinski definition) is 2. The molecule has 0 fully saturated rings. The van der Waals surface area contributed by atoms with E-state index < -0.39 is 21.7 Å². The molecule has 6 heteroatoms. The van der Waals surface area contributed by atoms with E-state index in [0.29, 0.717) is 0 Å². The second-order valence-electron chi connectivity index (χ2n) is 5.87. The van der Waals surface area contributed by atoms with E-state index in [1.54, 1.807) is 0 Å². The van der Waals surface area contributed by atoms with Crippen LogP contribution in [0.5, 0.6) is 0 Å². The van der Waals surface area contributed by atoms with Gasteiger partial charge in [0.05, 0.1) is 17.1 Å². The molecule has 0 amide bonds. The van der Waals surface area contributed by atoms with Gasteiger partial charge in [0.1, 0.15) is 11.6 Å². The van der Waals surface area contributed by atoms with Crippen molar-refractivity contribution >= 4 is 15.7 Å². The van der Waals surface area contributed by atoms with Crippen LogP contribution in [0.3, 0.4) is 0 Å². The molecule has 0 aliphatic rings. The summed E-state index contributed by atoms with van der Waals surface area (Å²) < 4.78 is 54.3. The monoisotopic (exact) mass is 373 g/mol. The molecule has 0 saturated heterocycles. The van der Waals surface area contributed by atoms with Crippen LogP contribution in [0.1, 0.15) is 11.1 Å². The summed E-state index contributed by atoms with van der Waals surface area (Å²) in [5.41, 5.74) is 1.92. The Hall–Kier alpha value is -2.73. The molecule has 3 rings (SSSR count). The number of benzene rings is 3. The van der Waals surface area contributed by atoms with Crippen LogP contribution in [-0.4, -0.2) is 8.42 Å². The number of rotatable bonds is 5. The van der Waals surface area contributed by atoms with Crippen LogP contribution in [0.4, 0.5) is 14.5 Å². The zero-order valence-electron chi connectivity index (χ0n) is 14.1. The Morgan fingerprint density at radius 3 is 2.19 bits per heavy atom. The number of aryl methyl sites for hydroxylation is 1. The fourth-order valence-electron chi connectivity index (χ4n) is 2.62. The first-order valence-corrected chi connectivity index (χ1v) is 9.40. The first kappa shape index (κ1) is 18.1. The van der Waals surface area contributed by atoms with Crippen molar-refractivity contribution in [3.63, 3.8) is 0 Å². The van der Waals surface area contributed by atoms with E-state index in [1.165, 1.54) is 36.4 Å². The van der Waals surface area contributed by atoms with Crippen LogP contribution >= 0.6 is 0 Å². The Balaban J connectivity index is 2.11. The molecule has 0 saturated carbocycles. The van der Waals surface area contributed by atoms with Crippen molar-refractivity contribution in [1.82, 2.24) is 0 Å². The lowest BCUT2D eigenvalue weighted by atomic mass is 10.1. The topological polar surface area (TPSA) is 37.4 Å². The molecule has 0 N–H and O–H groups in total. The van der Waals surface area contributed by atoms with Gasteiger partial charge in [-0.15, -0.1) is 0 Å². The minimum absolute atomic E-state index is 0.0375. The predicted octanol–water partition coefficient (Wildman–Crippen LogP) is 4.67. The fourth-order valence-corrected chi connectivity index (χ4v) is 4.06. The van der Waals surface area contributed by atoms with Crippen LogP contribution < -0.4 is 4.31 Å². The van der Waals surface area contributed by atoms with Crippen molar-refractivity contribution in [2.75, 3.05) is 4.31 Å². The molecule has 0 heterocycles. The van der Waals surface area contributed by atoms with Crippen molar-refractivity contribution < 1.29 is 17.2 Å². The number of halogens is 2. The van der Waals surface area contributed by atoms with Gasteiger partial charge in [-0.3, -0.25) is 4.31 Å². The number of sulfonamides is 1. The van der Waals surface area contributed by atoms with Crippen LogP contribution in [0.2, 0.25) is 0 Å². The summed E-state index contributed by atoms with van der Waals surface area (Å²) in [4.78, 5) is -0.0586. The van der Waals surface area contributed by atoms with E-state index in [4.69, 9.17) is 0 Å². The first-order chi connectivity index (χ1) is 12.4. The Morgan fingerprint density at radius 2 is 1.54 bits per heavy atom. The summed E-state index contributed by atoms with van der Waals surface area (Å²) in [5.74, 6) is -1.06. The Morgan fingerprint density at radius 1 is 0.846 bits per heavy atom. The molecule has 0 aliphatic carbocycles. The largest absolute Gasteiger partial charge is 0.264 e. The normalized spacial score (nSPS) is 11.3. The lowest BCUT2D eigenvalue weighted by Crippen LogP contribution is -2.31. The lowest BCUT2D eigenvalue weighted by molar-refractivity contribution is 0.588. The maximum Gasteiger partial charge on any atom is 0.264 e. The third-order valence-corrected chi connectivity index (χ3v) is 5.86. The van der Waals surface area contributed by atoms with Gasteiger partial charge >= 0.3 is 0 Å². The molecule has 3 aromatic rings. The van der Waals surface area contributed by atoms with Crippen LogP contribution in [-0.2, 0) is 16.6 Å². The molecule has 3 aromatic carbocycles. The van der Waals surface area contributed by atoms with Crippen LogP contribution in [0.15, 0.2) is 77.7 Å². The van der Waals surface area contributed by atoms with Gasteiger partial charge in [-0.1, -0.05) is 30.3 Å². The van der Waals surface area contributed by atoms with Gasteiger partial charge in [-0.25, -0.2) is 17.2 Å². The minimum Gasteiger partial charge on any atom is -0.262 e. The third kappa shape index (κ3) is 3.75. The highest BCUT2D eigenvalue weighted by Gasteiger charge is 2.26.